The minimum absolute atomic E-state index is 0.0557. The molecular formula is C13H22N2O. The summed E-state index contributed by atoms with van der Waals surface area (Å²) in [6, 6.07) is 3.80. The number of aliphatic hydroxyl groups excluding tert-OH is 1. The van der Waals surface area contributed by atoms with Gasteiger partial charge in [0, 0.05) is 24.8 Å². The molecule has 1 unspecified atom stereocenters. The molecule has 1 atom stereocenters. The molecule has 1 heterocycles. The Labute approximate surface area is 98.1 Å². The molecule has 0 bridgehead atoms. The van der Waals surface area contributed by atoms with E-state index in [1.54, 1.807) is 6.20 Å². The summed E-state index contributed by atoms with van der Waals surface area (Å²) in [6.07, 6.45) is 2.95. The predicted octanol–water partition coefficient (Wildman–Crippen LogP) is 2.45. The molecule has 0 amide bonds. The predicted molar refractivity (Wildman–Crippen MR) is 67.5 cm³/mol. The van der Waals surface area contributed by atoms with Crippen molar-refractivity contribution in [3.63, 3.8) is 0 Å². The van der Waals surface area contributed by atoms with Gasteiger partial charge in [-0.3, -0.25) is 0 Å². The average molecular weight is 222 g/mol. The van der Waals surface area contributed by atoms with Crippen LogP contribution in [0.5, 0.6) is 0 Å². The lowest BCUT2D eigenvalue weighted by Gasteiger charge is -2.26. The van der Waals surface area contributed by atoms with E-state index in [1.807, 2.05) is 12.1 Å². The van der Waals surface area contributed by atoms with Crippen LogP contribution in [0.15, 0.2) is 18.3 Å². The zero-order chi connectivity index (χ0) is 12.0. The van der Waals surface area contributed by atoms with Crippen LogP contribution in [0.25, 0.3) is 0 Å². The number of nitrogens with zero attached hydrogens (tertiary/aromatic N) is 2. The lowest BCUT2D eigenvalue weighted by molar-refractivity contribution is 0.281. The van der Waals surface area contributed by atoms with E-state index in [0.717, 1.165) is 30.9 Å². The second-order valence-electron chi connectivity index (χ2n) is 4.20. The summed E-state index contributed by atoms with van der Waals surface area (Å²) in [6.45, 7) is 8.54. The summed E-state index contributed by atoms with van der Waals surface area (Å²) < 4.78 is 0. The minimum atomic E-state index is 0.0557. The lowest BCUT2D eigenvalue weighted by atomic mass is 10.1. The highest BCUT2D eigenvalue weighted by molar-refractivity contribution is 5.46. The van der Waals surface area contributed by atoms with Crippen molar-refractivity contribution in [3.8, 4) is 0 Å². The maximum absolute atomic E-state index is 9.29. The second-order valence-corrected chi connectivity index (χ2v) is 4.20. The molecule has 0 aromatic carbocycles. The van der Waals surface area contributed by atoms with Crippen LogP contribution in [0.2, 0.25) is 0 Å². The van der Waals surface area contributed by atoms with Crippen LogP contribution in [0.4, 0.5) is 5.82 Å². The Balaban J connectivity index is 2.85. The highest BCUT2D eigenvalue weighted by atomic mass is 16.3. The van der Waals surface area contributed by atoms with Crippen molar-refractivity contribution in [2.24, 2.45) is 5.92 Å². The number of aliphatic hydroxyl groups is 1. The maximum atomic E-state index is 9.29. The van der Waals surface area contributed by atoms with Crippen molar-refractivity contribution in [1.82, 2.24) is 4.98 Å². The molecule has 0 aliphatic heterocycles. The monoisotopic (exact) mass is 222 g/mol. The smallest absolute Gasteiger partial charge is 0.134 e. The summed E-state index contributed by atoms with van der Waals surface area (Å²) >= 11 is 0. The topological polar surface area (TPSA) is 36.4 Å². The highest BCUT2D eigenvalue weighted by Crippen LogP contribution is 2.18. The van der Waals surface area contributed by atoms with E-state index >= 15 is 0 Å². The molecule has 0 saturated carbocycles. The van der Waals surface area contributed by atoms with Gasteiger partial charge in [-0.15, -0.1) is 0 Å². The van der Waals surface area contributed by atoms with Gasteiger partial charge >= 0.3 is 0 Å². The van der Waals surface area contributed by atoms with Crippen LogP contribution >= 0.6 is 0 Å². The summed E-state index contributed by atoms with van der Waals surface area (Å²) in [5.74, 6) is 1.57. The van der Waals surface area contributed by atoms with Gasteiger partial charge in [-0.25, -0.2) is 4.98 Å². The SMILES string of the molecule is CCC(C)CN(CC)c1ncccc1CO. The Morgan fingerprint density at radius 3 is 2.75 bits per heavy atom. The van der Waals surface area contributed by atoms with Gasteiger partial charge in [-0.05, 0) is 18.9 Å². The zero-order valence-electron chi connectivity index (χ0n) is 10.5. The molecule has 0 radical (unpaired) electrons. The third-order valence-electron chi connectivity index (χ3n) is 2.95. The number of hydrogen-bond donors (Lipinski definition) is 1. The molecule has 1 N–H and O–H groups in total. The first-order valence-electron chi connectivity index (χ1n) is 6.02. The molecule has 0 fully saturated rings. The van der Waals surface area contributed by atoms with Crippen LogP contribution < -0.4 is 4.90 Å². The van der Waals surface area contributed by atoms with E-state index in [2.05, 4.69) is 30.7 Å². The van der Waals surface area contributed by atoms with Gasteiger partial charge in [0.1, 0.15) is 5.82 Å². The van der Waals surface area contributed by atoms with Crippen molar-refractivity contribution in [2.45, 2.75) is 33.8 Å². The fraction of sp³-hybridized carbons (Fsp3) is 0.615. The first kappa shape index (κ1) is 13.0. The van der Waals surface area contributed by atoms with Crippen LogP contribution in [-0.4, -0.2) is 23.2 Å². The first-order valence-corrected chi connectivity index (χ1v) is 6.02. The Hall–Kier alpha value is -1.09. The number of pyridine rings is 1. The maximum Gasteiger partial charge on any atom is 0.134 e. The van der Waals surface area contributed by atoms with Gasteiger partial charge in [0.2, 0.25) is 0 Å². The number of aromatic nitrogens is 1. The number of anilines is 1. The molecule has 0 aliphatic carbocycles. The molecule has 90 valence electrons. The minimum Gasteiger partial charge on any atom is -0.392 e. The molecule has 1 rings (SSSR count). The summed E-state index contributed by atoms with van der Waals surface area (Å²) in [4.78, 5) is 6.61. The summed E-state index contributed by atoms with van der Waals surface area (Å²) in [7, 11) is 0. The third-order valence-corrected chi connectivity index (χ3v) is 2.95. The molecule has 3 nitrogen and oxygen atoms in total. The van der Waals surface area contributed by atoms with E-state index in [0.29, 0.717) is 5.92 Å². The molecule has 0 saturated heterocycles. The normalized spacial score (nSPS) is 12.5. The molecule has 0 spiro atoms. The summed E-state index contributed by atoms with van der Waals surface area (Å²) in [5.41, 5.74) is 0.910. The van der Waals surface area contributed by atoms with E-state index in [-0.39, 0.29) is 6.61 Å². The number of rotatable bonds is 6. The van der Waals surface area contributed by atoms with Gasteiger partial charge in [0.15, 0.2) is 0 Å². The van der Waals surface area contributed by atoms with E-state index in [1.165, 1.54) is 0 Å². The van der Waals surface area contributed by atoms with Gasteiger partial charge < -0.3 is 10.0 Å². The first-order chi connectivity index (χ1) is 7.72. The Morgan fingerprint density at radius 2 is 2.19 bits per heavy atom. The molecule has 3 heteroatoms. The van der Waals surface area contributed by atoms with Gasteiger partial charge in [-0.2, -0.15) is 0 Å². The van der Waals surface area contributed by atoms with E-state index < -0.39 is 0 Å². The van der Waals surface area contributed by atoms with Gasteiger partial charge in [-0.1, -0.05) is 26.3 Å². The van der Waals surface area contributed by atoms with Crippen LogP contribution in [0.3, 0.4) is 0 Å². The average Bonchev–Trinajstić information content (AvgIpc) is 2.35. The molecule has 1 aromatic rings. The van der Waals surface area contributed by atoms with Gasteiger partial charge in [0.05, 0.1) is 6.61 Å². The van der Waals surface area contributed by atoms with Crippen molar-refractivity contribution in [3.05, 3.63) is 23.9 Å². The zero-order valence-corrected chi connectivity index (χ0v) is 10.5. The van der Waals surface area contributed by atoms with Crippen molar-refractivity contribution < 1.29 is 5.11 Å². The van der Waals surface area contributed by atoms with Crippen LogP contribution in [0.1, 0.15) is 32.8 Å². The lowest BCUT2D eigenvalue weighted by Crippen LogP contribution is -2.29. The Kier molecular flexibility index (Phi) is 5.26. The standard InChI is InChI=1S/C13H22N2O/c1-4-11(3)9-15(5-2)13-12(10-16)7-6-8-14-13/h6-8,11,16H,4-5,9-10H2,1-3H3. The van der Waals surface area contributed by atoms with Crippen LogP contribution in [0, 0.1) is 5.92 Å². The van der Waals surface area contributed by atoms with Crippen molar-refractivity contribution in [1.29, 1.82) is 0 Å². The number of hydrogen-bond acceptors (Lipinski definition) is 3. The third kappa shape index (κ3) is 3.20. The van der Waals surface area contributed by atoms with E-state index in [9.17, 15) is 5.11 Å². The van der Waals surface area contributed by atoms with Crippen LogP contribution in [-0.2, 0) is 6.61 Å². The quantitative estimate of drug-likeness (QED) is 0.803. The molecule has 0 aliphatic rings. The van der Waals surface area contributed by atoms with Crippen molar-refractivity contribution in [2.75, 3.05) is 18.0 Å². The molecule has 1 aromatic heterocycles. The molecule has 16 heavy (non-hydrogen) atoms. The van der Waals surface area contributed by atoms with Crippen molar-refractivity contribution >= 4 is 5.82 Å². The summed E-state index contributed by atoms with van der Waals surface area (Å²) in [5, 5.41) is 9.29. The second kappa shape index (κ2) is 6.48. The fourth-order valence-electron chi connectivity index (χ4n) is 1.71. The Morgan fingerprint density at radius 1 is 1.44 bits per heavy atom. The Bertz CT molecular complexity index is 315. The fourth-order valence-corrected chi connectivity index (χ4v) is 1.71. The van der Waals surface area contributed by atoms with E-state index in [4.69, 9.17) is 0 Å². The highest BCUT2D eigenvalue weighted by Gasteiger charge is 2.12. The largest absolute Gasteiger partial charge is 0.392 e. The molecular weight excluding hydrogens is 200 g/mol. The van der Waals surface area contributed by atoms with Gasteiger partial charge in [0.25, 0.3) is 0 Å².